The second kappa shape index (κ2) is 10.6. The Bertz CT molecular complexity index is 910. The lowest BCUT2D eigenvalue weighted by Gasteiger charge is -2.34. The lowest BCUT2D eigenvalue weighted by molar-refractivity contribution is -0.152. The first kappa shape index (κ1) is 21.5. The van der Waals surface area contributed by atoms with Gasteiger partial charge >= 0.3 is 5.97 Å². The van der Waals surface area contributed by atoms with E-state index in [9.17, 15) is 9.59 Å². The number of ether oxygens (including phenoxy) is 1. The number of aryl methyl sites for hydroxylation is 2. The first-order valence-electron chi connectivity index (χ1n) is 10.2. The third-order valence-corrected chi connectivity index (χ3v) is 5.27. The fourth-order valence-corrected chi connectivity index (χ4v) is 3.52. The minimum atomic E-state index is -0.384. The van der Waals surface area contributed by atoms with Gasteiger partial charge in [-0.2, -0.15) is 5.26 Å². The highest BCUT2D eigenvalue weighted by Gasteiger charge is 2.22. The van der Waals surface area contributed by atoms with Gasteiger partial charge in [0.15, 0.2) is 6.61 Å². The first-order valence-corrected chi connectivity index (χ1v) is 10.2. The molecule has 1 heterocycles. The van der Waals surface area contributed by atoms with Gasteiger partial charge < -0.3 is 9.64 Å². The van der Waals surface area contributed by atoms with Crippen molar-refractivity contribution in [3.63, 3.8) is 0 Å². The maximum atomic E-state index is 12.4. The maximum absolute atomic E-state index is 12.4. The summed E-state index contributed by atoms with van der Waals surface area (Å²) in [6.45, 7) is 5.68. The molecule has 1 fully saturated rings. The van der Waals surface area contributed by atoms with Crippen molar-refractivity contribution in [2.75, 3.05) is 32.8 Å². The molecule has 0 saturated carbocycles. The Labute approximate surface area is 177 Å². The average molecular weight is 405 g/mol. The molecular weight excluding hydrogens is 378 g/mol. The Morgan fingerprint density at radius 1 is 1.03 bits per heavy atom. The highest BCUT2D eigenvalue weighted by Crippen LogP contribution is 2.11. The summed E-state index contributed by atoms with van der Waals surface area (Å²) < 4.78 is 5.16. The number of esters is 1. The molecule has 0 unspecified atom stereocenters. The molecule has 3 rings (SSSR count). The van der Waals surface area contributed by atoms with Crippen molar-refractivity contribution in [2.24, 2.45) is 0 Å². The molecule has 1 amide bonds. The van der Waals surface area contributed by atoms with Crippen LogP contribution >= 0.6 is 0 Å². The molecule has 156 valence electrons. The van der Waals surface area contributed by atoms with Gasteiger partial charge in [-0.05, 0) is 36.6 Å². The van der Waals surface area contributed by atoms with Crippen molar-refractivity contribution in [3.8, 4) is 6.07 Å². The number of amides is 1. The van der Waals surface area contributed by atoms with Crippen molar-refractivity contribution < 1.29 is 14.3 Å². The predicted molar refractivity (Wildman–Crippen MR) is 113 cm³/mol. The van der Waals surface area contributed by atoms with Crippen LogP contribution in [0, 0.1) is 18.3 Å². The molecule has 0 aliphatic carbocycles. The number of nitriles is 1. The molecule has 1 aliphatic heterocycles. The number of hydrogen-bond acceptors (Lipinski definition) is 5. The second-order valence-corrected chi connectivity index (χ2v) is 7.62. The summed E-state index contributed by atoms with van der Waals surface area (Å²) in [6, 6.07) is 17.6. The van der Waals surface area contributed by atoms with Crippen molar-refractivity contribution in [2.45, 2.75) is 26.3 Å². The van der Waals surface area contributed by atoms with Gasteiger partial charge in [-0.1, -0.05) is 42.0 Å². The Morgan fingerprint density at radius 3 is 2.43 bits per heavy atom. The topological polar surface area (TPSA) is 73.6 Å². The number of carbonyl (C=O) groups is 2. The zero-order valence-electron chi connectivity index (χ0n) is 17.3. The van der Waals surface area contributed by atoms with Crippen LogP contribution in [-0.4, -0.2) is 54.5 Å². The monoisotopic (exact) mass is 405 g/mol. The van der Waals surface area contributed by atoms with Crippen LogP contribution in [0.3, 0.4) is 0 Å². The minimum absolute atomic E-state index is 0.142. The van der Waals surface area contributed by atoms with E-state index < -0.39 is 0 Å². The van der Waals surface area contributed by atoms with Gasteiger partial charge in [0.25, 0.3) is 5.91 Å². The van der Waals surface area contributed by atoms with Crippen LogP contribution in [0.1, 0.15) is 28.7 Å². The SMILES string of the molecule is Cc1cccc(CN2CCN(C(=O)COC(=O)CCc3ccc(C#N)cc3)CC2)c1. The van der Waals surface area contributed by atoms with Crippen LogP contribution in [0.15, 0.2) is 48.5 Å². The van der Waals surface area contributed by atoms with Gasteiger partial charge in [0, 0.05) is 39.1 Å². The molecule has 0 aromatic heterocycles. The normalized spacial score (nSPS) is 14.2. The van der Waals surface area contributed by atoms with E-state index >= 15 is 0 Å². The number of benzene rings is 2. The van der Waals surface area contributed by atoms with E-state index in [1.807, 2.05) is 12.1 Å². The summed E-state index contributed by atoms with van der Waals surface area (Å²) in [5.41, 5.74) is 4.08. The summed E-state index contributed by atoms with van der Waals surface area (Å²) in [4.78, 5) is 28.4. The Balaban J connectivity index is 1.35. The van der Waals surface area contributed by atoms with E-state index in [-0.39, 0.29) is 24.9 Å². The van der Waals surface area contributed by atoms with Gasteiger partial charge in [0.05, 0.1) is 11.6 Å². The summed E-state index contributed by atoms with van der Waals surface area (Å²) in [6.07, 6.45) is 0.736. The zero-order chi connectivity index (χ0) is 21.3. The van der Waals surface area contributed by atoms with Crippen LogP contribution < -0.4 is 0 Å². The third kappa shape index (κ3) is 6.43. The Morgan fingerprint density at radius 2 is 1.77 bits per heavy atom. The molecule has 2 aromatic carbocycles. The minimum Gasteiger partial charge on any atom is -0.456 e. The molecular formula is C24H27N3O3. The van der Waals surface area contributed by atoms with Crippen LogP contribution in [-0.2, 0) is 27.3 Å². The molecule has 0 radical (unpaired) electrons. The van der Waals surface area contributed by atoms with E-state index in [1.165, 1.54) is 11.1 Å². The molecule has 1 saturated heterocycles. The van der Waals surface area contributed by atoms with E-state index in [0.29, 0.717) is 25.1 Å². The van der Waals surface area contributed by atoms with Crippen LogP contribution in [0.5, 0.6) is 0 Å². The molecule has 2 aromatic rings. The quantitative estimate of drug-likeness (QED) is 0.662. The van der Waals surface area contributed by atoms with E-state index in [4.69, 9.17) is 10.00 Å². The highest BCUT2D eigenvalue weighted by molar-refractivity contribution is 5.80. The highest BCUT2D eigenvalue weighted by atomic mass is 16.5. The molecule has 30 heavy (non-hydrogen) atoms. The van der Waals surface area contributed by atoms with Gasteiger partial charge in [-0.3, -0.25) is 14.5 Å². The molecule has 6 nitrogen and oxygen atoms in total. The van der Waals surface area contributed by atoms with E-state index in [2.05, 4.69) is 42.2 Å². The number of piperazine rings is 1. The van der Waals surface area contributed by atoms with Gasteiger partial charge in [0.2, 0.25) is 0 Å². The predicted octanol–water partition coefficient (Wildman–Crippen LogP) is 2.69. The van der Waals surface area contributed by atoms with Crippen molar-refractivity contribution in [1.82, 2.24) is 9.80 Å². The fourth-order valence-electron chi connectivity index (χ4n) is 3.52. The smallest absolute Gasteiger partial charge is 0.306 e. The number of rotatable bonds is 7. The summed E-state index contributed by atoms with van der Waals surface area (Å²) in [5.74, 6) is -0.525. The van der Waals surface area contributed by atoms with Gasteiger partial charge in [-0.25, -0.2) is 0 Å². The largest absolute Gasteiger partial charge is 0.456 e. The van der Waals surface area contributed by atoms with Crippen molar-refractivity contribution in [3.05, 3.63) is 70.8 Å². The lowest BCUT2D eigenvalue weighted by Crippen LogP contribution is -2.49. The summed E-state index contributed by atoms with van der Waals surface area (Å²) >= 11 is 0. The van der Waals surface area contributed by atoms with E-state index in [0.717, 1.165) is 25.2 Å². The van der Waals surface area contributed by atoms with Crippen LogP contribution in [0.2, 0.25) is 0 Å². The maximum Gasteiger partial charge on any atom is 0.306 e. The van der Waals surface area contributed by atoms with E-state index in [1.54, 1.807) is 17.0 Å². The van der Waals surface area contributed by atoms with Crippen molar-refractivity contribution in [1.29, 1.82) is 5.26 Å². The molecule has 1 aliphatic rings. The standard InChI is InChI=1S/C24H27N3O3/c1-19-3-2-4-22(15-19)17-26-11-13-27(14-12-26)23(28)18-30-24(29)10-9-20-5-7-21(16-25)8-6-20/h2-8,15H,9-14,17-18H2,1H3. The average Bonchev–Trinajstić information content (AvgIpc) is 2.77. The first-order chi connectivity index (χ1) is 14.5. The summed E-state index contributed by atoms with van der Waals surface area (Å²) in [7, 11) is 0. The molecule has 0 bridgehead atoms. The number of carbonyl (C=O) groups excluding carboxylic acids is 2. The molecule has 0 N–H and O–H groups in total. The number of nitrogens with zero attached hydrogens (tertiary/aromatic N) is 3. The lowest BCUT2D eigenvalue weighted by atomic mass is 10.1. The molecule has 0 spiro atoms. The third-order valence-electron chi connectivity index (χ3n) is 5.27. The van der Waals surface area contributed by atoms with Gasteiger partial charge in [0.1, 0.15) is 0 Å². The molecule has 0 atom stereocenters. The van der Waals surface area contributed by atoms with Crippen LogP contribution in [0.4, 0.5) is 0 Å². The van der Waals surface area contributed by atoms with Crippen molar-refractivity contribution >= 4 is 11.9 Å². The van der Waals surface area contributed by atoms with Gasteiger partial charge in [-0.15, -0.1) is 0 Å². The van der Waals surface area contributed by atoms with Crippen LogP contribution in [0.25, 0.3) is 0 Å². The Kier molecular flexibility index (Phi) is 7.58. The Hall–Kier alpha value is -3.17. The fraction of sp³-hybridized carbons (Fsp3) is 0.375. The second-order valence-electron chi connectivity index (χ2n) is 7.62. The molecule has 6 heteroatoms. The number of hydrogen-bond donors (Lipinski definition) is 0. The zero-order valence-corrected chi connectivity index (χ0v) is 17.3. The summed E-state index contributed by atoms with van der Waals surface area (Å²) in [5, 5.41) is 8.80.